The number of carbonyl (C=O) groups is 3. The summed E-state index contributed by atoms with van der Waals surface area (Å²) in [5.74, 6) is -3.19. The third-order valence-corrected chi connectivity index (χ3v) is 4.65. The van der Waals surface area contributed by atoms with Crippen LogP contribution in [0.15, 0.2) is 29.4 Å². The topological polar surface area (TPSA) is 167 Å². The van der Waals surface area contributed by atoms with Gasteiger partial charge in [-0.15, -0.1) is 5.06 Å². The minimum absolute atomic E-state index is 0.0788. The maximum absolute atomic E-state index is 11.7. The van der Waals surface area contributed by atoms with Gasteiger partial charge >= 0.3 is 5.97 Å². The number of hydrogen-bond acceptors (Lipinski definition) is 7. The number of hydroxylamine groups is 2. The monoisotopic (exact) mass is 382 g/mol. The highest BCUT2D eigenvalue weighted by atomic mass is 32.2. The van der Waals surface area contributed by atoms with Gasteiger partial charge in [0.2, 0.25) is 0 Å². The number of amides is 2. The third-order valence-electron chi connectivity index (χ3n) is 3.56. The average molecular weight is 382 g/mol. The van der Waals surface area contributed by atoms with Crippen molar-refractivity contribution in [2.45, 2.75) is 30.9 Å². The van der Waals surface area contributed by atoms with E-state index >= 15 is 0 Å². The summed E-state index contributed by atoms with van der Waals surface area (Å²) in [6.45, 7) is 0. The van der Waals surface area contributed by atoms with Crippen LogP contribution in [0.4, 0.5) is 5.69 Å². The van der Waals surface area contributed by atoms with Crippen LogP contribution in [-0.4, -0.2) is 41.1 Å². The van der Waals surface area contributed by atoms with Crippen LogP contribution in [0.5, 0.6) is 0 Å². The first kappa shape index (κ1) is 19.4. The largest absolute Gasteiger partial charge is 0.333 e. The van der Waals surface area contributed by atoms with Crippen LogP contribution in [0.2, 0.25) is 0 Å². The van der Waals surface area contributed by atoms with Crippen molar-refractivity contribution in [2.24, 2.45) is 5.11 Å². The molecule has 12 heteroatoms. The molecule has 0 spiro atoms. The van der Waals surface area contributed by atoms with E-state index in [1.807, 2.05) is 0 Å². The lowest BCUT2D eigenvalue weighted by Gasteiger charge is -2.13. The van der Waals surface area contributed by atoms with E-state index in [4.69, 9.17) is 10.1 Å². The Morgan fingerprint density at radius 2 is 2.00 bits per heavy atom. The summed E-state index contributed by atoms with van der Waals surface area (Å²) in [6, 6.07) is 6.67. The van der Waals surface area contributed by atoms with E-state index < -0.39 is 39.6 Å². The van der Waals surface area contributed by atoms with Gasteiger partial charge in [0.15, 0.2) is 5.25 Å². The standard InChI is InChI=1S/C14H14N4O7S/c15-17-16-10-6-4-9(5-7-10)2-1-3-13(20)25-18-12(19)8-11(14(18)21)26(22,23)24/h4-7,11H,1-3,8H2,(H,22,23,24)/t11-/m1/s1. The molecular formula is C14H14N4O7S. The van der Waals surface area contributed by atoms with Gasteiger partial charge in [-0.3, -0.25) is 14.1 Å². The molecule has 0 bridgehead atoms. The predicted molar refractivity (Wildman–Crippen MR) is 86.1 cm³/mol. The quantitative estimate of drug-likeness (QED) is 0.244. The summed E-state index contributed by atoms with van der Waals surface area (Å²) < 4.78 is 30.9. The number of aryl methyl sites for hydroxylation is 1. The average Bonchev–Trinajstić information content (AvgIpc) is 2.85. The van der Waals surface area contributed by atoms with Crippen LogP contribution in [-0.2, 0) is 35.8 Å². The summed E-state index contributed by atoms with van der Waals surface area (Å²) in [7, 11) is -4.75. The lowest BCUT2D eigenvalue weighted by Crippen LogP contribution is -2.36. The Hall–Kier alpha value is -2.95. The van der Waals surface area contributed by atoms with Gasteiger partial charge in [-0.2, -0.15) is 8.42 Å². The van der Waals surface area contributed by atoms with Crippen LogP contribution in [0.1, 0.15) is 24.8 Å². The van der Waals surface area contributed by atoms with E-state index in [1.54, 1.807) is 24.3 Å². The molecule has 0 radical (unpaired) electrons. The van der Waals surface area contributed by atoms with Gasteiger partial charge in [0.25, 0.3) is 21.9 Å². The lowest BCUT2D eigenvalue weighted by atomic mass is 10.1. The molecule has 1 aliphatic heterocycles. The molecule has 1 atom stereocenters. The number of rotatable bonds is 7. The number of hydrogen-bond donors (Lipinski definition) is 1. The van der Waals surface area contributed by atoms with Gasteiger partial charge in [0.05, 0.1) is 6.42 Å². The van der Waals surface area contributed by atoms with E-state index in [-0.39, 0.29) is 11.5 Å². The molecule has 138 valence electrons. The summed E-state index contributed by atoms with van der Waals surface area (Å²) in [6.07, 6.45) is -0.0625. The zero-order valence-corrected chi connectivity index (χ0v) is 14.1. The highest BCUT2D eigenvalue weighted by molar-refractivity contribution is 7.87. The normalized spacial score (nSPS) is 17.1. The van der Waals surface area contributed by atoms with Crippen molar-refractivity contribution >= 4 is 33.6 Å². The molecule has 2 amide bonds. The van der Waals surface area contributed by atoms with Gasteiger partial charge in [-0.1, -0.05) is 29.4 Å². The van der Waals surface area contributed by atoms with E-state index in [0.717, 1.165) is 5.56 Å². The second-order valence-corrected chi connectivity index (χ2v) is 7.01. The molecular weight excluding hydrogens is 368 g/mol. The number of nitrogens with zero attached hydrogens (tertiary/aromatic N) is 4. The molecule has 1 heterocycles. The minimum atomic E-state index is -4.75. The fourth-order valence-electron chi connectivity index (χ4n) is 2.28. The molecule has 26 heavy (non-hydrogen) atoms. The third kappa shape index (κ3) is 4.79. The molecule has 11 nitrogen and oxygen atoms in total. The van der Waals surface area contributed by atoms with Crippen LogP contribution < -0.4 is 0 Å². The van der Waals surface area contributed by atoms with E-state index in [9.17, 15) is 22.8 Å². The van der Waals surface area contributed by atoms with Crippen molar-refractivity contribution in [1.29, 1.82) is 0 Å². The fraction of sp³-hybridized carbons (Fsp3) is 0.357. The van der Waals surface area contributed by atoms with Gasteiger partial charge in [-0.05, 0) is 23.9 Å². The van der Waals surface area contributed by atoms with Crippen molar-refractivity contribution in [1.82, 2.24) is 5.06 Å². The van der Waals surface area contributed by atoms with Crippen LogP contribution in [0, 0.1) is 0 Å². The minimum Gasteiger partial charge on any atom is -0.330 e. The molecule has 0 aromatic heterocycles. The number of azide groups is 1. The molecule has 1 N–H and O–H groups in total. The Bertz CT molecular complexity index is 875. The maximum atomic E-state index is 11.7. The van der Waals surface area contributed by atoms with Crippen LogP contribution in [0.3, 0.4) is 0 Å². The smallest absolute Gasteiger partial charge is 0.330 e. The van der Waals surface area contributed by atoms with Crippen molar-refractivity contribution < 1.29 is 32.2 Å². The number of carbonyl (C=O) groups excluding carboxylic acids is 3. The lowest BCUT2D eigenvalue weighted by molar-refractivity contribution is -0.197. The van der Waals surface area contributed by atoms with Crippen molar-refractivity contribution in [2.75, 3.05) is 0 Å². The molecule has 0 aliphatic carbocycles. The maximum Gasteiger partial charge on any atom is 0.333 e. The molecule has 1 saturated heterocycles. The van der Waals surface area contributed by atoms with E-state index in [2.05, 4.69) is 14.9 Å². The number of imide groups is 1. The summed E-state index contributed by atoms with van der Waals surface area (Å²) in [5, 5.41) is 1.56. The first-order valence-electron chi connectivity index (χ1n) is 7.40. The van der Waals surface area contributed by atoms with Gasteiger partial charge in [-0.25, -0.2) is 4.79 Å². The van der Waals surface area contributed by atoms with Crippen molar-refractivity contribution in [3.63, 3.8) is 0 Å². The Kier molecular flexibility index (Phi) is 5.93. The SMILES string of the molecule is [N-]=[N+]=Nc1ccc(CCCC(=O)ON2C(=O)C[C@@H](S(=O)(=O)O)C2=O)cc1. The molecule has 0 saturated carbocycles. The highest BCUT2D eigenvalue weighted by Crippen LogP contribution is 2.20. The van der Waals surface area contributed by atoms with Crippen molar-refractivity contribution in [3.8, 4) is 0 Å². The molecule has 1 fully saturated rings. The molecule has 2 rings (SSSR count). The highest BCUT2D eigenvalue weighted by Gasteiger charge is 2.48. The van der Waals surface area contributed by atoms with Gasteiger partial charge in [0, 0.05) is 17.0 Å². The predicted octanol–water partition coefficient (Wildman–Crippen LogP) is 1.42. The zero-order valence-electron chi connectivity index (χ0n) is 13.3. The Labute approximate surface area is 147 Å². The summed E-state index contributed by atoms with van der Waals surface area (Å²) in [5.41, 5.74) is 9.64. The Morgan fingerprint density at radius 3 is 2.54 bits per heavy atom. The zero-order chi connectivity index (χ0) is 19.3. The molecule has 1 aliphatic rings. The van der Waals surface area contributed by atoms with E-state index in [0.29, 0.717) is 18.5 Å². The summed E-state index contributed by atoms with van der Waals surface area (Å²) in [4.78, 5) is 42.3. The van der Waals surface area contributed by atoms with Gasteiger partial charge in [0.1, 0.15) is 0 Å². The fourth-order valence-corrected chi connectivity index (χ4v) is 2.98. The Balaban J connectivity index is 1.84. The molecule has 1 aromatic carbocycles. The number of benzene rings is 1. The first-order chi connectivity index (χ1) is 12.2. The van der Waals surface area contributed by atoms with Crippen molar-refractivity contribution in [3.05, 3.63) is 40.3 Å². The van der Waals surface area contributed by atoms with Crippen LogP contribution in [0.25, 0.3) is 10.4 Å². The Morgan fingerprint density at radius 1 is 1.35 bits per heavy atom. The molecule has 1 aromatic rings. The first-order valence-corrected chi connectivity index (χ1v) is 8.90. The van der Waals surface area contributed by atoms with E-state index in [1.165, 1.54) is 0 Å². The van der Waals surface area contributed by atoms with Gasteiger partial charge < -0.3 is 4.84 Å². The second-order valence-electron chi connectivity index (χ2n) is 5.41. The summed E-state index contributed by atoms with van der Waals surface area (Å²) >= 11 is 0. The van der Waals surface area contributed by atoms with Crippen LogP contribution >= 0.6 is 0 Å². The molecule has 0 unspecified atom stereocenters. The second kappa shape index (κ2) is 7.95.